The van der Waals surface area contributed by atoms with Crippen molar-refractivity contribution in [2.75, 3.05) is 4.90 Å². The summed E-state index contributed by atoms with van der Waals surface area (Å²) in [7, 11) is 0. The predicted molar refractivity (Wildman–Crippen MR) is 160 cm³/mol. The number of para-hydroxylation sites is 3. The van der Waals surface area contributed by atoms with Crippen molar-refractivity contribution in [1.82, 2.24) is 0 Å². The van der Waals surface area contributed by atoms with E-state index in [2.05, 4.69) is 83.8 Å². The van der Waals surface area contributed by atoms with Gasteiger partial charge in [0.2, 0.25) is 0 Å². The number of furan rings is 1. The molecule has 0 unspecified atom stereocenters. The minimum absolute atomic E-state index is 0.673. The van der Waals surface area contributed by atoms with E-state index < -0.39 is 0 Å². The first-order chi connectivity index (χ1) is 19.8. The Morgan fingerprint density at radius 1 is 0.375 bits per heavy atom. The Kier molecular flexibility index (Phi) is 5.10. The number of anilines is 3. The molecule has 4 nitrogen and oxygen atoms in total. The van der Waals surface area contributed by atoms with E-state index in [9.17, 15) is 0 Å². The summed E-state index contributed by atoms with van der Waals surface area (Å²) < 4.78 is 18.6. The van der Waals surface area contributed by atoms with Crippen molar-refractivity contribution in [3.63, 3.8) is 0 Å². The molecule has 0 amide bonds. The van der Waals surface area contributed by atoms with Gasteiger partial charge in [0.15, 0.2) is 23.0 Å². The lowest BCUT2D eigenvalue weighted by atomic mass is 10.0. The molecule has 0 saturated carbocycles. The maximum absolute atomic E-state index is 6.26. The molecule has 0 saturated heterocycles. The number of benzene rings is 6. The first-order valence-electron chi connectivity index (χ1n) is 13.3. The normalized spacial score (nSPS) is 11.9. The van der Waals surface area contributed by atoms with Gasteiger partial charge < -0.3 is 18.8 Å². The van der Waals surface area contributed by atoms with Crippen LogP contribution >= 0.6 is 0 Å². The fraction of sp³-hybridized carbons (Fsp3) is 0. The fourth-order valence-electron chi connectivity index (χ4n) is 5.39. The second kappa shape index (κ2) is 9.07. The lowest BCUT2D eigenvalue weighted by Gasteiger charge is -2.27. The maximum Gasteiger partial charge on any atom is 0.172 e. The van der Waals surface area contributed by atoms with E-state index in [0.29, 0.717) is 23.0 Å². The van der Waals surface area contributed by atoms with E-state index >= 15 is 0 Å². The Hall–Kier alpha value is -5.48. The van der Waals surface area contributed by atoms with Crippen LogP contribution in [0.15, 0.2) is 144 Å². The second-order valence-corrected chi connectivity index (χ2v) is 9.81. The zero-order chi connectivity index (χ0) is 26.5. The predicted octanol–water partition coefficient (Wildman–Crippen LogP) is 10.6. The minimum Gasteiger partial charge on any atom is -0.456 e. The molecule has 190 valence electrons. The molecule has 4 heteroatoms. The van der Waals surface area contributed by atoms with Gasteiger partial charge in [0, 0.05) is 34.3 Å². The summed E-state index contributed by atoms with van der Waals surface area (Å²) >= 11 is 0. The molecule has 0 spiro atoms. The van der Waals surface area contributed by atoms with E-state index in [4.69, 9.17) is 13.9 Å². The quantitative estimate of drug-likeness (QED) is 0.233. The molecule has 0 atom stereocenters. The van der Waals surface area contributed by atoms with Crippen molar-refractivity contribution < 1.29 is 13.9 Å². The number of nitrogens with zero attached hydrogens (tertiary/aromatic N) is 1. The summed E-state index contributed by atoms with van der Waals surface area (Å²) in [6.07, 6.45) is 0. The van der Waals surface area contributed by atoms with E-state index in [1.54, 1.807) is 0 Å². The molecule has 0 bridgehead atoms. The molecule has 0 radical (unpaired) electrons. The summed E-state index contributed by atoms with van der Waals surface area (Å²) in [5.41, 5.74) is 7.02. The Morgan fingerprint density at radius 2 is 0.950 bits per heavy atom. The molecule has 8 rings (SSSR count). The van der Waals surface area contributed by atoms with Gasteiger partial charge in [-0.15, -0.1) is 0 Å². The van der Waals surface area contributed by atoms with Crippen LogP contribution in [0.2, 0.25) is 0 Å². The van der Waals surface area contributed by atoms with Crippen LogP contribution < -0.4 is 14.4 Å². The van der Waals surface area contributed by atoms with E-state index in [1.165, 1.54) is 5.56 Å². The van der Waals surface area contributed by atoms with Crippen molar-refractivity contribution in [2.24, 2.45) is 0 Å². The molecule has 7 aromatic rings. The number of ether oxygens (including phenoxy) is 2. The lowest BCUT2D eigenvalue weighted by molar-refractivity contribution is 0.360. The number of hydrogen-bond donors (Lipinski definition) is 0. The molecule has 0 N–H and O–H groups in total. The molecule has 1 aromatic heterocycles. The summed E-state index contributed by atoms with van der Waals surface area (Å²) in [6, 6.07) is 47.3. The summed E-state index contributed by atoms with van der Waals surface area (Å²) in [5, 5.41) is 2.21. The Balaban J connectivity index is 1.26. The third-order valence-electron chi connectivity index (χ3n) is 7.33. The third-order valence-corrected chi connectivity index (χ3v) is 7.33. The van der Waals surface area contributed by atoms with Gasteiger partial charge in [0.05, 0.1) is 5.69 Å². The highest BCUT2D eigenvalue weighted by atomic mass is 16.6. The van der Waals surface area contributed by atoms with Crippen LogP contribution in [-0.2, 0) is 0 Å². The third kappa shape index (κ3) is 3.77. The smallest absolute Gasteiger partial charge is 0.172 e. The number of rotatable bonds is 4. The standard InChI is InChI=1S/C36H23NO3/c1-2-8-24(9-3-1)25-14-16-26(17-15-25)37(27-18-20-30-29-10-4-5-11-31(29)38-35(30)22-27)28-19-21-34-36(23-28)40-33-13-7-6-12-32(33)39-34/h1-23H. The van der Waals surface area contributed by atoms with Gasteiger partial charge in [-0.05, 0) is 65.7 Å². The highest BCUT2D eigenvalue weighted by Crippen LogP contribution is 2.48. The first-order valence-corrected chi connectivity index (χ1v) is 13.3. The van der Waals surface area contributed by atoms with Gasteiger partial charge in [-0.1, -0.05) is 72.8 Å². The monoisotopic (exact) mass is 517 g/mol. The van der Waals surface area contributed by atoms with Crippen molar-refractivity contribution in [1.29, 1.82) is 0 Å². The van der Waals surface area contributed by atoms with Gasteiger partial charge in [-0.3, -0.25) is 0 Å². The Labute approximate surface area is 231 Å². The van der Waals surface area contributed by atoms with Crippen LogP contribution in [0.3, 0.4) is 0 Å². The van der Waals surface area contributed by atoms with Gasteiger partial charge in [0.1, 0.15) is 11.2 Å². The van der Waals surface area contributed by atoms with E-state index in [1.807, 2.05) is 60.7 Å². The molecule has 40 heavy (non-hydrogen) atoms. The fourth-order valence-corrected chi connectivity index (χ4v) is 5.39. The van der Waals surface area contributed by atoms with Crippen LogP contribution in [0.5, 0.6) is 23.0 Å². The van der Waals surface area contributed by atoms with Crippen LogP contribution in [0, 0.1) is 0 Å². The maximum atomic E-state index is 6.26. The first kappa shape index (κ1) is 22.5. The van der Waals surface area contributed by atoms with Gasteiger partial charge in [-0.25, -0.2) is 0 Å². The second-order valence-electron chi connectivity index (χ2n) is 9.81. The van der Waals surface area contributed by atoms with Gasteiger partial charge in [0.25, 0.3) is 0 Å². The number of fused-ring (bicyclic) bond motifs is 5. The molecular weight excluding hydrogens is 494 g/mol. The van der Waals surface area contributed by atoms with Crippen LogP contribution in [-0.4, -0.2) is 0 Å². The molecule has 0 fully saturated rings. The van der Waals surface area contributed by atoms with Gasteiger partial charge >= 0.3 is 0 Å². The van der Waals surface area contributed by atoms with Crippen LogP contribution in [0.25, 0.3) is 33.1 Å². The van der Waals surface area contributed by atoms with Crippen LogP contribution in [0.4, 0.5) is 17.1 Å². The van der Waals surface area contributed by atoms with Crippen molar-refractivity contribution >= 4 is 39.0 Å². The van der Waals surface area contributed by atoms with Crippen molar-refractivity contribution in [3.05, 3.63) is 140 Å². The molecular formula is C36H23NO3. The number of hydrogen-bond acceptors (Lipinski definition) is 4. The highest BCUT2D eigenvalue weighted by Gasteiger charge is 2.22. The van der Waals surface area contributed by atoms with Crippen LogP contribution in [0.1, 0.15) is 0 Å². The Bertz CT molecular complexity index is 2010. The molecule has 6 aromatic carbocycles. The zero-order valence-electron chi connectivity index (χ0n) is 21.5. The Morgan fingerprint density at radius 3 is 1.77 bits per heavy atom. The molecule has 1 aliphatic rings. The van der Waals surface area contributed by atoms with Gasteiger partial charge in [-0.2, -0.15) is 0 Å². The summed E-state index contributed by atoms with van der Waals surface area (Å²) in [6.45, 7) is 0. The average molecular weight is 518 g/mol. The minimum atomic E-state index is 0.673. The van der Waals surface area contributed by atoms with Crippen molar-refractivity contribution in [3.8, 4) is 34.1 Å². The van der Waals surface area contributed by atoms with E-state index in [0.717, 1.165) is 44.6 Å². The average Bonchev–Trinajstić information content (AvgIpc) is 3.39. The summed E-state index contributed by atoms with van der Waals surface area (Å²) in [5.74, 6) is 2.78. The SMILES string of the molecule is c1ccc(-c2ccc(N(c3ccc4c(c3)Oc3ccccc3O4)c3ccc4c(c3)oc3ccccc34)cc2)cc1. The largest absolute Gasteiger partial charge is 0.456 e. The molecule has 1 aliphatic heterocycles. The lowest BCUT2D eigenvalue weighted by Crippen LogP contribution is -2.10. The molecule has 0 aliphatic carbocycles. The van der Waals surface area contributed by atoms with E-state index in [-0.39, 0.29) is 0 Å². The summed E-state index contributed by atoms with van der Waals surface area (Å²) in [4.78, 5) is 2.21. The topological polar surface area (TPSA) is 34.8 Å². The molecule has 2 heterocycles. The highest BCUT2D eigenvalue weighted by molar-refractivity contribution is 6.06. The zero-order valence-corrected chi connectivity index (χ0v) is 21.5. The van der Waals surface area contributed by atoms with Crippen molar-refractivity contribution in [2.45, 2.75) is 0 Å².